The zero-order chi connectivity index (χ0) is 13.7. The number of aromatic nitrogens is 2. The Balaban J connectivity index is 2.01. The van der Waals surface area contributed by atoms with E-state index in [1.807, 2.05) is 0 Å². The number of hydrogen-bond donors (Lipinski definition) is 2. The fourth-order valence-corrected chi connectivity index (χ4v) is 2.41. The van der Waals surface area contributed by atoms with Crippen molar-refractivity contribution >= 4 is 17.3 Å². The number of nitrogens with one attached hydrogen (secondary N) is 2. The second kappa shape index (κ2) is 6.91. The van der Waals surface area contributed by atoms with Crippen LogP contribution in [0.15, 0.2) is 11.0 Å². The molecule has 0 aromatic carbocycles. The van der Waals surface area contributed by atoms with Gasteiger partial charge >= 0.3 is 0 Å². The van der Waals surface area contributed by atoms with Crippen LogP contribution in [0.25, 0.3) is 0 Å². The maximum Gasteiger partial charge on any atom is 0.287 e. The molecule has 2 N–H and O–H groups in total. The lowest BCUT2D eigenvalue weighted by atomic mass is 10.1. The molecule has 0 radical (unpaired) electrons. The number of unbranched alkanes of at least 4 members (excludes halogenated alkanes) is 1. The minimum absolute atomic E-state index is 0.204. The van der Waals surface area contributed by atoms with Crippen LogP contribution in [0.2, 0.25) is 5.02 Å². The minimum Gasteiger partial charge on any atom is -0.382 e. The predicted molar refractivity (Wildman–Crippen MR) is 77.9 cm³/mol. The summed E-state index contributed by atoms with van der Waals surface area (Å²) in [4.78, 5) is 12.0. The Bertz CT molecular complexity index is 468. The predicted octanol–water partition coefficient (Wildman–Crippen LogP) is 1.72. The third-order valence-corrected chi connectivity index (χ3v) is 3.82. The highest BCUT2D eigenvalue weighted by atomic mass is 35.5. The number of halogens is 1. The van der Waals surface area contributed by atoms with Crippen LogP contribution in [-0.4, -0.2) is 29.4 Å². The second-order valence-electron chi connectivity index (χ2n) is 4.99. The quantitative estimate of drug-likeness (QED) is 0.835. The van der Waals surface area contributed by atoms with Crippen molar-refractivity contribution in [3.8, 4) is 0 Å². The molecule has 0 bridgehead atoms. The van der Waals surface area contributed by atoms with Crippen LogP contribution in [0.4, 0.5) is 5.69 Å². The van der Waals surface area contributed by atoms with Gasteiger partial charge in [-0.15, -0.1) is 0 Å². The fourth-order valence-electron chi connectivity index (χ4n) is 2.20. The first-order chi connectivity index (χ1) is 9.22. The van der Waals surface area contributed by atoms with E-state index in [9.17, 15) is 4.79 Å². The summed E-state index contributed by atoms with van der Waals surface area (Å²) in [6.07, 6.45) is 4.78. The van der Waals surface area contributed by atoms with E-state index in [4.69, 9.17) is 11.6 Å². The molecule has 2 rings (SSSR count). The van der Waals surface area contributed by atoms with Gasteiger partial charge < -0.3 is 10.6 Å². The molecule has 1 atom stereocenters. The van der Waals surface area contributed by atoms with E-state index in [1.165, 1.54) is 4.68 Å². The van der Waals surface area contributed by atoms with Gasteiger partial charge in [0.15, 0.2) is 0 Å². The molecule has 1 aliphatic rings. The topological polar surface area (TPSA) is 59.0 Å². The Hall–Kier alpha value is -1.07. The van der Waals surface area contributed by atoms with Crippen LogP contribution >= 0.6 is 11.6 Å². The largest absolute Gasteiger partial charge is 0.382 e. The van der Waals surface area contributed by atoms with Gasteiger partial charge in [-0.2, -0.15) is 5.10 Å². The Morgan fingerprint density at radius 1 is 1.63 bits per heavy atom. The van der Waals surface area contributed by atoms with Gasteiger partial charge in [0.25, 0.3) is 5.56 Å². The average Bonchev–Trinajstić information content (AvgIpc) is 2.92. The van der Waals surface area contributed by atoms with E-state index < -0.39 is 0 Å². The molecule has 6 heteroatoms. The van der Waals surface area contributed by atoms with Gasteiger partial charge in [0.2, 0.25) is 0 Å². The highest BCUT2D eigenvalue weighted by Crippen LogP contribution is 2.17. The molecule has 19 heavy (non-hydrogen) atoms. The summed E-state index contributed by atoms with van der Waals surface area (Å²) in [5.41, 5.74) is 0.441. The molecule has 0 amide bonds. The summed E-state index contributed by atoms with van der Waals surface area (Å²) < 4.78 is 1.44. The van der Waals surface area contributed by atoms with Crippen LogP contribution in [0.1, 0.15) is 26.2 Å². The summed E-state index contributed by atoms with van der Waals surface area (Å²) in [5, 5.41) is 11.0. The summed E-state index contributed by atoms with van der Waals surface area (Å²) in [6.45, 7) is 5.62. The Kier molecular flexibility index (Phi) is 5.22. The first-order valence-corrected chi connectivity index (χ1v) is 7.30. The Morgan fingerprint density at radius 2 is 2.47 bits per heavy atom. The molecule has 0 saturated carbocycles. The van der Waals surface area contributed by atoms with E-state index in [0.29, 0.717) is 18.2 Å². The van der Waals surface area contributed by atoms with E-state index >= 15 is 0 Å². The Morgan fingerprint density at radius 3 is 3.16 bits per heavy atom. The lowest BCUT2D eigenvalue weighted by molar-refractivity contribution is 0.542. The SMILES string of the molecule is CCCCn1ncc(NCC2CCNC2)c(Cl)c1=O. The van der Waals surface area contributed by atoms with E-state index in [0.717, 1.165) is 38.9 Å². The monoisotopic (exact) mass is 284 g/mol. The number of rotatable bonds is 6. The zero-order valence-electron chi connectivity index (χ0n) is 11.3. The van der Waals surface area contributed by atoms with Crippen molar-refractivity contribution in [2.45, 2.75) is 32.7 Å². The van der Waals surface area contributed by atoms with Gasteiger partial charge in [0.05, 0.1) is 11.9 Å². The van der Waals surface area contributed by atoms with Crippen molar-refractivity contribution < 1.29 is 0 Å². The van der Waals surface area contributed by atoms with Crippen LogP contribution in [0, 0.1) is 5.92 Å². The molecule has 5 nitrogen and oxygen atoms in total. The number of aryl methyl sites for hydroxylation is 1. The molecular weight excluding hydrogens is 264 g/mol. The van der Waals surface area contributed by atoms with Crippen molar-refractivity contribution in [2.75, 3.05) is 25.0 Å². The molecular formula is C13H21ClN4O. The van der Waals surface area contributed by atoms with Crippen molar-refractivity contribution in [1.29, 1.82) is 0 Å². The van der Waals surface area contributed by atoms with E-state index in [-0.39, 0.29) is 10.6 Å². The summed E-state index contributed by atoms with van der Waals surface area (Å²) in [7, 11) is 0. The fraction of sp³-hybridized carbons (Fsp3) is 0.692. The molecule has 0 aliphatic carbocycles. The highest BCUT2D eigenvalue weighted by Gasteiger charge is 2.15. The molecule has 2 heterocycles. The minimum atomic E-state index is -0.204. The zero-order valence-corrected chi connectivity index (χ0v) is 12.0. The highest BCUT2D eigenvalue weighted by molar-refractivity contribution is 6.32. The molecule has 0 spiro atoms. The van der Waals surface area contributed by atoms with Gasteiger partial charge in [-0.05, 0) is 31.8 Å². The van der Waals surface area contributed by atoms with Gasteiger partial charge in [0, 0.05) is 13.1 Å². The molecule has 1 aromatic heterocycles. The Labute approximate surface area is 118 Å². The van der Waals surface area contributed by atoms with Crippen molar-refractivity contribution in [3.63, 3.8) is 0 Å². The molecule has 1 fully saturated rings. The first kappa shape index (κ1) is 14.3. The first-order valence-electron chi connectivity index (χ1n) is 6.92. The number of anilines is 1. The van der Waals surface area contributed by atoms with Crippen molar-refractivity contribution in [2.24, 2.45) is 5.92 Å². The smallest absolute Gasteiger partial charge is 0.287 e. The maximum atomic E-state index is 12.0. The lowest BCUT2D eigenvalue weighted by Crippen LogP contribution is -2.25. The standard InChI is InChI=1S/C13H21ClN4O/c1-2-3-6-18-13(19)12(14)11(9-17-18)16-8-10-4-5-15-7-10/h9-10,15-16H,2-8H2,1H3. The van der Waals surface area contributed by atoms with Gasteiger partial charge in [-0.3, -0.25) is 4.79 Å². The van der Waals surface area contributed by atoms with Crippen LogP contribution < -0.4 is 16.2 Å². The van der Waals surface area contributed by atoms with Crippen molar-refractivity contribution in [1.82, 2.24) is 15.1 Å². The van der Waals surface area contributed by atoms with E-state index in [2.05, 4.69) is 22.7 Å². The summed E-state index contributed by atoms with van der Waals surface area (Å²) in [6, 6.07) is 0. The lowest BCUT2D eigenvalue weighted by Gasteiger charge is -2.13. The molecule has 1 aliphatic heterocycles. The van der Waals surface area contributed by atoms with Crippen LogP contribution in [0.3, 0.4) is 0 Å². The van der Waals surface area contributed by atoms with Crippen LogP contribution in [0.5, 0.6) is 0 Å². The normalized spacial score (nSPS) is 18.7. The number of nitrogens with zero attached hydrogens (tertiary/aromatic N) is 2. The van der Waals surface area contributed by atoms with Gasteiger partial charge in [0.1, 0.15) is 5.02 Å². The maximum absolute atomic E-state index is 12.0. The third kappa shape index (κ3) is 3.70. The van der Waals surface area contributed by atoms with Crippen LogP contribution in [-0.2, 0) is 6.54 Å². The molecule has 1 unspecified atom stereocenters. The average molecular weight is 285 g/mol. The molecule has 1 aromatic rings. The van der Waals surface area contributed by atoms with Gasteiger partial charge in [-0.25, -0.2) is 4.68 Å². The van der Waals surface area contributed by atoms with Gasteiger partial charge in [-0.1, -0.05) is 24.9 Å². The van der Waals surface area contributed by atoms with E-state index in [1.54, 1.807) is 6.20 Å². The second-order valence-corrected chi connectivity index (χ2v) is 5.37. The molecule has 106 valence electrons. The molecule has 1 saturated heterocycles. The summed E-state index contributed by atoms with van der Waals surface area (Å²) in [5.74, 6) is 0.596. The summed E-state index contributed by atoms with van der Waals surface area (Å²) >= 11 is 6.11. The van der Waals surface area contributed by atoms with Crippen molar-refractivity contribution in [3.05, 3.63) is 21.6 Å². The third-order valence-electron chi connectivity index (χ3n) is 3.45. The number of hydrogen-bond acceptors (Lipinski definition) is 4.